The predicted molar refractivity (Wildman–Crippen MR) is 74.9 cm³/mol. The van der Waals surface area contributed by atoms with Crippen LogP contribution in [-0.2, 0) is 11.2 Å². The van der Waals surface area contributed by atoms with E-state index in [-0.39, 0.29) is 11.9 Å². The van der Waals surface area contributed by atoms with Gasteiger partial charge in [-0.25, -0.2) is 0 Å². The van der Waals surface area contributed by atoms with Crippen molar-refractivity contribution in [2.75, 3.05) is 20.1 Å². The molecule has 2 rings (SSSR count). The van der Waals surface area contributed by atoms with Gasteiger partial charge >= 0.3 is 0 Å². The van der Waals surface area contributed by atoms with E-state index in [1.165, 1.54) is 12.8 Å². The van der Waals surface area contributed by atoms with Gasteiger partial charge in [-0.3, -0.25) is 9.69 Å². The Morgan fingerprint density at radius 1 is 1.42 bits per heavy atom. The lowest BCUT2D eigenvalue weighted by Gasteiger charge is -2.27. The molecule has 1 atom stereocenters. The third-order valence-electron chi connectivity index (χ3n) is 3.85. The van der Waals surface area contributed by atoms with E-state index in [1.807, 2.05) is 0 Å². The highest BCUT2D eigenvalue weighted by molar-refractivity contribution is 5.77. The summed E-state index contributed by atoms with van der Waals surface area (Å²) in [5.74, 6) is 2.12. The van der Waals surface area contributed by atoms with Crippen molar-refractivity contribution < 1.29 is 9.21 Å². The molecule has 1 N–H and O–H groups in total. The number of nitrogens with one attached hydrogen (secondary N) is 1. The molecule has 106 valence electrons. The van der Waals surface area contributed by atoms with E-state index in [0.717, 1.165) is 37.3 Å². The Morgan fingerprint density at radius 2 is 2.26 bits per heavy atom. The topological polar surface area (TPSA) is 45.5 Å². The summed E-state index contributed by atoms with van der Waals surface area (Å²) in [5, 5.41) is 2.71. The minimum atomic E-state index is 0.0779. The molecule has 0 aliphatic carbocycles. The fourth-order valence-electron chi connectivity index (χ4n) is 2.71. The van der Waals surface area contributed by atoms with Crippen LogP contribution in [0.15, 0.2) is 16.5 Å². The highest BCUT2D eigenvalue weighted by atomic mass is 16.3. The van der Waals surface area contributed by atoms with Crippen molar-refractivity contribution in [1.82, 2.24) is 10.2 Å². The van der Waals surface area contributed by atoms with E-state index < -0.39 is 0 Å². The lowest BCUT2D eigenvalue weighted by Crippen LogP contribution is -2.37. The molecule has 1 unspecified atom stereocenters. The van der Waals surface area contributed by atoms with E-state index >= 15 is 0 Å². The molecule has 1 saturated heterocycles. The Hall–Kier alpha value is -1.29. The van der Waals surface area contributed by atoms with Gasteiger partial charge in [-0.15, -0.1) is 0 Å². The molecule has 2 heterocycles. The summed E-state index contributed by atoms with van der Waals surface area (Å²) in [5.41, 5.74) is 0. The van der Waals surface area contributed by atoms with Crippen LogP contribution in [0.4, 0.5) is 0 Å². The van der Waals surface area contributed by atoms with E-state index in [1.54, 1.807) is 7.05 Å². The Labute approximate surface area is 115 Å². The Bertz CT molecular complexity index is 414. The van der Waals surface area contributed by atoms with Crippen LogP contribution in [-0.4, -0.2) is 30.9 Å². The summed E-state index contributed by atoms with van der Waals surface area (Å²) in [7, 11) is 1.69. The molecular formula is C15H24N2O2. The van der Waals surface area contributed by atoms with Crippen LogP contribution in [0.25, 0.3) is 0 Å². The monoisotopic (exact) mass is 264 g/mol. The Morgan fingerprint density at radius 3 is 2.95 bits per heavy atom. The molecule has 4 heteroatoms. The molecule has 0 saturated carbocycles. The largest absolute Gasteiger partial charge is 0.464 e. The SMILES string of the molecule is CCc1ccc(C2CCCCCN2CC(=O)NC)o1. The highest BCUT2D eigenvalue weighted by Crippen LogP contribution is 2.31. The number of likely N-dealkylation sites (N-methyl/N-ethyl adjacent to an activating group) is 1. The minimum absolute atomic E-state index is 0.0779. The van der Waals surface area contributed by atoms with Gasteiger partial charge in [0.15, 0.2) is 0 Å². The van der Waals surface area contributed by atoms with Crippen molar-refractivity contribution in [1.29, 1.82) is 0 Å². The zero-order valence-electron chi connectivity index (χ0n) is 11.9. The van der Waals surface area contributed by atoms with Gasteiger partial charge in [-0.05, 0) is 31.5 Å². The number of carbonyl (C=O) groups is 1. The van der Waals surface area contributed by atoms with Gasteiger partial charge in [0.25, 0.3) is 0 Å². The molecular weight excluding hydrogens is 240 g/mol. The first-order valence-electron chi connectivity index (χ1n) is 7.27. The smallest absolute Gasteiger partial charge is 0.233 e. The van der Waals surface area contributed by atoms with E-state index in [0.29, 0.717) is 6.54 Å². The molecule has 1 fully saturated rings. The molecule has 1 aliphatic heterocycles. The molecule has 1 aliphatic rings. The zero-order chi connectivity index (χ0) is 13.7. The summed E-state index contributed by atoms with van der Waals surface area (Å²) in [4.78, 5) is 13.9. The number of hydrogen-bond acceptors (Lipinski definition) is 3. The number of aryl methyl sites for hydroxylation is 1. The van der Waals surface area contributed by atoms with Crippen LogP contribution in [0, 0.1) is 0 Å². The molecule has 0 spiro atoms. The summed E-state index contributed by atoms with van der Waals surface area (Å²) >= 11 is 0. The molecule has 0 radical (unpaired) electrons. The minimum Gasteiger partial charge on any atom is -0.464 e. The van der Waals surface area contributed by atoms with Crippen molar-refractivity contribution in [3.8, 4) is 0 Å². The fourth-order valence-corrected chi connectivity index (χ4v) is 2.71. The van der Waals surface area contributed by atoms with Crippen LogP contribution >= 0.6 is 0 Å². The summed E-state index contributed by atoms with van der Waals surface area (Å²) < 4.78 is 5.90. The summed E-state index contributed by atoms with van der Waals surface area (Å²) in [6, 6.07) is 4.38. The maximum Gasteiger partial charge on any atom is 0.233 e. The quantitative estimate of drug-likeness (QED) is 0.909. The number of furan rings is 1. The Kier molecular flexibility index (Phi) is 5.02. The lowest BCUT2D eigenvalue weighted by atomic mass is 10.1. The van der Waals surface area contributed by atoms with Crippen molar-refractivity contribution in [3.63, 3.8) is 0 Å². The van der Waals surface area contributed by atoms with Gasteiger partial charge < -0.3 is 9.73 Å². The van der Waals surface area contributed by atoms with Gasteiger partial charge in [0.2, 0.25) is 5.91 Å². The average molecular weight is 264 g/mol. The van der Waals surface area contributed by atoms with E-state index in [9.17, 15) is 4.79 Å². The maximum atomic E-state index is 11.6. The van der Waals surface area contributed by atoms with Crippen molar-refractivity contribution in [2.24, 2.45) is 0 Å². The second-order valence-corrected chi connectivity index (χ2v) is 5.17. The van der Waals surface area contributed by atoms with Crippen molar-refractivity contribution in [3.05, 3.63) is 23.7 Å². The maximum absolute atomic E-state index is 11.6. The molecule has 0 bridgehead atoms. The summed E-state index contributed by atoms with van der Waals surface area (Å²) in [6.45, 7) is 3.53. The fraction of sp³-hybridized carbons (Fsp3) is 0.667. The van der Waals surface area contributed by atoms with Crippen LogP contribution < -0.4 is 5.32 Å². The number of rotatable bonds is 4. The van der Waals surface area contributed by atoms with Crippen molar-refractivity contribution in [2.45, 2.75) is 45.1 Å². The lowest BCUT2D eigenvalue weighted by molar-refractivity contribution is -0.122. The highest BCUT2D eigenvalue weighted by Gasteiger charge is 2.26. The third-order valence-corrected chi connectivity index (χ3v) is 3.85. The van der Waals surface area contributed by atoms with Gasteiger partial charge in [0.05, 0.1) is 12.6 Å². The number of carbonyl (C=O) groups excluding carboxylic acids is 1. The average Bonchev–Trinajstić information content (AvgIpc) is 2.79. The van der Waals surface area contributed by atoms with Crippen LogP contribution in [0.5, 0.6) is 0 Å². The van der Waals surface area contributed by atoms with Gasteiger partial charge in [-0.2, -0.15) is 0 Å². The van der Waals surface area contributed by atoms with Crippen LogP contribution in [0.2, 0.25) is 0 Å². The second kappa shape index (κ2) is 6.75. The molecule has 0 aromatic carbocycles. The normalized spacial score (nSPS) is 21.1. The second-order valence-electron chi connectivity index (χ2n) is 5.17. The summed E-state index contributed by atoms with van der Waals surface area (Å²) in [6.07, 6.45) is 5.60. The van der Waals surface area contributed by atoms with Gasteiger partial charge in [0, 0.05) is 13.5 Å². The standard InChI is InChI=1S/C15H24N2O2/c1-3-12-8-9-14(19-12)13-7-5-4-6-10-17(13)11-15(18)16-2/h8-9,13H,3-7,10-11H2,1-2H3,(H,16,18). The van der Waals surface area contributed by atoms with E-state index in [4.69, 9.17) is 4.42 Å². The molecule has 1 amide bonds. The zero-order valence-corrected chi connectivity index (χ0v) is 11.9. The number of hydrogen-bond donors (Lipinski definition) is 1. The molecule has 1 aromatic heterocycles. The molecule has 19 heavy (non-hydrogen) atoms. The predicted octanol–water partition coefficient (Wildman–Crippen LogP) is 2.51. The van der Waals surface area contributed by atoms with E-state index in [2.05, 4.69) is 29.3 Å². The third kappa shape index (κ3) is 3.60. The van der Waals surface area contributed by atoms with Crippen LogP contribution in [0.3, 0.4) is 0 Å². The van der Waals surface area contributed by atoms with Gasteiger partial charge in [-0.1, -0.05) is 19.8 Å². The number of likely N-dealkylation sites (tertiary alicyclic amines) is 1. The number of nitrogens with zero attached hydrogens (tertiary/aromatic N) is 1. The Balaban J connectivity index is 2.14. The number of amides is 1. The van der Waals surface area contributed by atoms with Crippen molar-refractivity contribution >= 4 is 5.91 Å². The first kappa shape index (κ1) is 14.1. The first-order valence-corrected chi connectivity index (χ1v) is 7.27. The van der Waals surface area contributed by atoms with Crippen LogP contribution in [0.1, 0.15) is 50.2 Å². The molecule has 4 nitrogen and oxygen atoms in total. The molecule has 1 aromatic rings. The van der Waals surface area contributed by atoms with Gasteiger partial charge in [0.1, 0.15) is 11.5 Å². The first-order chi connectivity index (χ1) is 9.24.